The van der Waals surface area contributed by atoms with Crippen molar-refractivity contribution in [3.8, 4) is 0 Å². The number of nitrogens with one attached hydrogen (secondary N) is 1. The van der Waals surface area contributed by atoms with Crippen molar-refractivity contribution in [2.45, 2.75) is 25.1 Å². The second-order valence-corrected chi connectivity index (χ2v) is 8.56. The number of aryl methyl sites for hydroxylation is 1. The monoisotopic (exact) mass is 379 g/mol. The first-order valence-corrected chi connectivity index (χ1v) is 8.81. The van der Waals surface area contributed by atoms with Gasteiger partial charge in [-0.3, -0.25) is 5.10 Å². The summed E-state index contributed by atoms with van der Waals surface area (Å²) in [4.78, 5) is 0. The molecule has 2 rings (SSSR count). The maximum absolute atomic E-state index is 12.5. The number of aliphatic hydroxyl groups is 1. The average molecular weight is 380 g/mol. The highest BCUT2D eigenvalue weighted by Gasteiger charge is 2.28. The molecular weight excluding hydrogens is 366 g/mol. The summed E-state index contributed by atoms with van der Waals surface area (Å²) < 4.78 is 27.1. The van der Waals surface area contributed by atoms with Crippen LogP contribution in [0.5, 0.6) is 0 Å². The van der Waals surface area contributed by atoms with E-state index in [0.29, 0.717) is 11.3 Å². The van der Waals surface area contributed by atoms with Crippen LogP contribution in [0.25, 0.3) is 0 Å². The van der Waals surface area contributed by atoms with E-state index in [1.54, 1.807) is 6.92 Å². The zero-order valence-electron chi connectivity index (χ0n) is 10.9. The third-order valence-corrected chi connectivity index (χ3v) is 6.21. The maximum atomic E-state index is 12.5. The number of rotatable bonds is 5. The molecule has 0 spiro atoms. The van der Waals surface area contributed by atoms with Crippen LogP contribution in [-0.2, 0) is 23.2 Å². The molecule has 0 amide bonds. The van der Waals surface area contributed by atoms with Crippen LogP contribution < -0.4 is 0 Å². The highest BCUT2D eigenvalue weighted by molar-refractivity contribution is 9.11. The van der Waals surface area contributed by atoms with Crippen molar-refractivity contribution in [1.29, 1.82) is 0 Å². The van der Waals surface area contributed by atoms with E-state index in [2.05, 4.69) is 26.1 Å². The Labute approximate surface area is 129 Å². The summed E-state index contributed by atoms with van der Waals surface area (Å²) in [5.41, 5.74) is 1.76. The lowest BCUT2D eigenvalue weighted by Crippen LogP contribution is -2.27. The second-order valence-electron chi connectivity index (χ2n) is 4.31. The summed E-state index contributed by atoms with van der Waals surface area (Å²) in [5, 5.41) is 17.5. The van der Waals surface area contributed by atoms with Gasteiger partial charge in [0.1, 0.15) is 0 Å². The van der Waals surface area contributed by atoms with Crippen molar-refractivity contribution >= 4 is 37.3 Å². The molecule has 0 aliphatic carbocycles. The minimum Gasteiger partial charge on any atom is -0.392 e. The fourth-order valence-electron chi connectivity index (χ4n) is 1.75. The van der Waals surface area contributed by atoms with Crippen LogP contribution in [0.1, 0.15) is 16.8 Å². The van der Waals surface area contributed by atoms with E-state index in [0.717, 1.165) is 9.35 Å². The number of sulfonamides is 1. The lowest BCUT2D eigenvalue weighted by molar-refractivity contribution is 0.277. The molecule has 0 radical (unpaired) electrons. The molecule has 20 heavy (non-hydrogen) atoms. The molecule has 0 fully saturated rings. The quantitative estimate of drug-likeness (QED) is 0.829. The van der Waals surface area contributed by atoms with Gasteiger partial charge in [-0.25, -0.2) is 8.42 Å². The minimum absolute atomic E-state index is 0.116. The maximum Gasteiger partial charge on any atom is 0.262 e. The SMILES string of the molecule is Cc1[nH]nc(S(=O)(=O)N(C)Cc2csc(Br)c2)c1CO. The van der Waals surface area contributed by atoms with Gasteiger partial charge in [0, 0.05) is 24.8 Å². The standard InChI is InChI=1S/C11H14BrN3O3S2/c1-7-9(5-16)11(14-13-7)20(17,18)15(2)4-8-3-10(12)19-6-8/h3,6,16H,4-5H2,1-2H3,(H,13,14). The molecule has 0 aromatic carbocycles. The Kier molecular flexibility index (Phi) is 4.65. The predicted octanol–water partition coefficient (Wildman–Crippen LogP) is 1.86. The number of thiophene rings is 1. The van der Waals surface area contributed by atoms with Crippen LogP contribution in [0.2, 0.25) is 0 Å². The van der Waals surface area contributed by atoms with Gasteiger partial charge in [-0.1, -0.05) is 0 Å². The zero-order chi connectivity index (χ0) is 14.9. The summed E-state index contributed by atoms with van der Waals surface area (Å²) in [7, 11) is -2.24. The number of H-pyrrole nitrogens is 1. The van der Waals surface area contributed by atoms with Gasteiger partial charge in [-0.15, -0.1) is 11.3 Å². The van der Waals surface area contributed by atoms with Gasteiger partial charge in [0.15, 0.2) is 5.03 Å². The summed E-state index contributed by atoms with van der Waals surface area (Å²) in [6.07, 6.45) is 0. The summed E-state index contributed by atoms with van der Waals surface area (Å²) in [6, 6.07) is 1.87. The van der Waals surface area contributed by atoms with Crippen LogP contribution in [0.3, 0.4) is 0 Å². The third kappa shape index (κ3) is 2.96. The molecule has 110 valence electrons. The van der Waals surface area contributed by atoms with Gasteiger partial charge in [0.2, 0.25) is 0 Å². The molecule has 2 N–H and O–H groups in total. The lowest BCUT2D eigenvalue weighted by Gasteiger charge is -2.15. The van der Waals surface area contributed by atoms with Crippen LogP contribution in [-0.4, -0.2) is 35.1 Å². The highest BCUT2D eigenvalue weighted by Crippen LogP contribution is 2.24. The van der Waals surface area contributed by atoms with E-state index in [1.165, 1.54) is 22.7 Å². The molecular formula is C11H14BrN3O3S2. The number of nitrogens with zero attached hydrogens (tertiary/aromatic N) is 2. The number of hydrogen-bond donors (Lipinski definition) is 2. The Hall–Kier alpha value is -0.740. The van der Waals surface area contributed by atoms with Gasteiger partial charge in [-0.05, 0) is 39.9 Å². The Balaban J connectivity index is 2.29. The van der Waals surface area contributed by atoms with Gasteiger partial charge >= 0.3 is 0 Å². The molecule has 2 heterocycles. The minimum atomic E-state index is -3.73. The topological polar surface area (TPSA) is 86.3 Å². The Morgan fingerprint density at radius 3 is 2.80 bits per heavy atom. The number of hydrogen-bond acceptors (Lipinski definition) is 5. The molecule has 0 aliphatic rings. The molecule has 0 atom stereocenters. The first-order valence-electron chi connectivity index (χ1n) is 5.70. The molecule has 6 nitrogen and oxygen atoms in total. The lowest BCUT2D eigenvalue weighted by atomic mass is 10.3. The van der Waals surface area contributed by atoms with Gasteiger partial charge < -0.3 is 5.11 Å². The molecule has 0 saturated heterocycles. The molecule has 9 heteroatoms. The van der Waals surface area contributed by atoms with E-state index < -0.39 is 10.0 Å². The number of aromatic amines is 1. The predicted molar refractivity (Wildman–Crippen MR) is 79.9 cm³/mol. The Morgan fingerprint density at radius 1 is 1.55 bits per heavy atom. The van der Waals surface area contributed by atoms with E-state index >= 15 is 0 Å². The number of aromatic nitrogens is 2. The van der Waals surface area contributed by atoms with E-state index in [4.69, 9.17) is 0 Å². The molecule has 2 aromatic rings. The van der Waals surface area contributed by atoms with Crippen molar-refractivity contribution < 1.29 is 13.5 Å². The average Bonchev–Trinajstić information content (AvgIpc) is 2.95. The van der Waals surface area contributed by atoms with E-state index in [1.807, 2.05) is 11.4 Å². The fraction of sp³-hybridized carbons (Fsp3) is 0.364. The van der Waals surface area contributed by atoms with Crippen LogP contribution >= 0.6 is 27.3 Å². The normalized spacial score (nSPS) is 12.2. The summed E-state index contributed by atoms with van der Waals surface area (Å²) in [5.74, 6) is 0. The van der Waals surface area contributed by atoms with Crippen molar-refractivity contribution in [3.63, 3.8) is 0 Å². The van der Waals surface area contributed by atoms with Crippen molar-refractivity contribution in [1.82, 2.24) is 14.5 Å². The second kappa shape index (κ2) is 5.94. The first-order chi connectivity index (χ1) is 9.36. The van der Waals surface area contributed by atoms with Gasteiger partial charge in [-0.2, -0.15) is 9.40 Å². The van der Waals surface area contributed by atoms with Gasteiger partial charge in [0.25, 0.3) is 10.0 Å². The number of aliphatic hydroxyl groups excluding tert-OH is 1. The number of halogens is 1. The van der Waals surface area contributed by atoms with Crippen molar-refractivity contribution in [3.05, 3.63) is 32.1 Å². The van der Waals surface area contributed by atoms with E-state index in [9.17, 15) is 13.5 Å². The van der Waals surface area contributed by atoms with Crippen LogP contribution in [0, 0.1) is 6.92 Å². The summed E-state index contributed by atoms with van der Waals surface area (Å²) in [6.45, 7) is 1.56. The molecule has 2 aromatic heterocycles. The fourth-order valence-corrected chi connectivity index (χ4v) is 4.25. The molecule has 0 saturated carbocycles. The largest absolute Gasteiger partial charge is 0.392 e. The van der Waals surface area contributed by atoms with Crippen LogP contribution in [0.4, 0.5) is 0 Å². The Morgan fingerprint density at radius 2 is 2.25 bits per heavy atom. The zero-order valence-corrected chi connectivity index (χ0v) is 14.1. The Bertz CT molecular complexity index is 708. The van der Waals surface area contributed by atoms with Crippen LogP contribution in [0.15, 0.2) is 20.3 Å². The first kappa shape index (κ1) is 15.6. The molecule has 0 unspecified atom stereocenters. The van der Waals surface area contributed by atoms with Crippen molar-refractivity contribution in [2.75, 3.05) is 7.05 Å². The van der Waals surface area contributed by atoms with E-state index in [-0.39, 0.29) is 18.2 Å². The smallest absolute Gasteiger partial charge is 0.262 e. The molecule has 0 aliphatic heterocycles. The molecule has 0 bridgehead atoms. The summed E-state index contributed by atoms with van der Waals surface area (Å²) >= 11 is 4.84. The highest BCUT2D eigenvalue weighted by atomic mass is 79.9. The van der Waals surface area contributed by atoms with Crippen molar-refractivity contribution in [2.24, 2.45) is 0 Å². The van der Waals surface area contributed by atoms with Gasteiger partial charge in [0.05, 0.1) is 10.4 Å². The third-order valence-electron chi connectivity index (χ3n) is 2.88.